The third-order valence-electron chi connectivity index (χ3n) is 3.31. The molecule has 1 heterocycles. The lowest BCUT2D eigenvalue weighted by Crippen LogP contribution is -2.38. The van der Waals surface area contributed by atoms with Crippen molar-refractivity contribution in [3.05, 3.63) is 34.6 Å². The van der Waals surface area contributed by atoms with E-state index < -0.39 is 11.9 Å². The largest absolute Gasteiger partial charge is 0.393 e. The van der Waals surface area contributed by atoms with E-state index in [4.69, 9.17) is 11.6 Å². The smallest absolute Gasteiger partial charge is 0.129 e. The fraction of sp³-hybridized carbons (Fsp3) is 0.538. The summed E-state index contributed by atoms with van der Waals surface area (Å²) < 4.78 is 13.6. The molecule has 0 aliphatic carbocycles. The Bertz CT molecular complexity index is 408. The molecule has 1 atom stereocenters. The fourth-order valence-electron chi connectivity index (χ4n) is 2.21. The third-order valence-corrected chi connectivity index (χ3v) is 3.54. The summed E-state index contributed by atoms with van der Waals surface area (Å²) in [5.41, 5.74) is 0.230. The Morgan fingerprint density at radius 2 is 2.06 bits per heavy atom. The quantitative estimate of drug-likeness (QED) is 0.885. The van der Waals surface area contributed by atoms with Crippen LogP contribution < -0.4 is 0 Å². The number of halogens is 2. The van der Waals surface area contributed by atoms with Crippen LogP contribution in [0.1, 0.15) is 24.5 Å². The lowest BCUT2D eigenvalue weighted by molar-refractivity contribution is 0.0498. The minimum absolute atomic E-state index is 0.230. The number of benzene rings is 1. The second kappa shape index (κ2) is 5.97. The zero-order chi connectivity index (χ0) is 13.1. The van der Waals surface area contributed by atoms with Crippen LogP contribution in [0.3, 0.4) is 0 Å². The lowest BCUT2D eigenvalue weighted by atomic mass is 10.0. The van der Waals surface area contributed by atoms with Gasteiger partial charge >= 0.3 is 0 Å². The van der Waals surface area contributed by atoms with Gasteiger partial charge in [-0.25, -0.2) is 4.39 Å². The molecular weight excluding hydrogens is 257 g/mol. The molecule has 0 bridgehead atoms. The van der Waals surface area contributed by atoms with Gasteiger partial charge in [0.1, 0.15) is 5.82 Å². The Hall–Kier alpha value is -0.680. The molecule has 3 nitrogen and oxygen atoms in total. The molecule has 1 fully saturated rings. The zero-order valence-corrected chi connectivity index (χ0v) is 10.8. The van der Waals surface area contributed by atoms with Crippen LogP contribution in [-0.2, 0) is 0 Å². The van der Waals surface area contributed by atoms with Crippen molar-refractivity contribution in [1.29, 1.82) is 0 Å². The predicted molar refractivity (Wildman–Crippen MR) is 68.1 cm³/mol. The maximum atomic E-state index is 13.6. The van der Waals surface area contributed by atoms with Crippen molar-refractivity contribution >= 4 is 11.6 Å². The van der Waals surface area contributed by atoms with Crippen LogP contribution in [0.15, 0.2) is 18.2 Å². The Kier molecular flexibility index (Phi) is 4.56. The van der Waals surface area contributed by atoms with Gasteiger partial charge in [-0.15, -0.1) is 0 Å². The summed E-state index contributed by atoms with van der Waals surface area (Å²) in [4.78, 5) is 2.03. The second-order valence-corrected chi connectivity index (χ2v) is 5.15. The van der Waals surface area contributed by atoms with E-state index in [0.29, 0.717) is 24.4 Å². The van der Waals surface area contributed by atoms with Crippen LogP contribution >= 0.6 is 11.6 Å². The minimum atomic E-state index is -0.890. The van der Waals surface area contributed by atoms with Crippen molar-refractivity contribution in [2.24, 2.45) is 0 Å². The second-order valence-electron chi connectivity index (χ2n) is 4.71. The van der Waals surface area contributed by atoms with Crippen molar-refractivity contribution in [2.75, 3.05) is 19.6 Å². The molecule has 1 aliphatic heterocycles. The molecule has 2 rings (SSSR count). The van der Waals surface area contributed by atoms with Crippen LogP contribution in [0.25, 0.3) is 0 Å². The first-order valence-corrected chi connectivity index (χ1v) is 6.47. The normalized spacial score (nSPS) is 20.0. The van der Waals surface area contributed by atoms with Gasteiger partial charge in [-0.05, 0) is 31.0 Å². The third kappa shape index (κ3) is 3.42. The topological polar surface area (TPSA) is 43.7 Å². The molecule has 0 amide bonds. The molecule has 0 spiro atoms. The highest BCUT2D eigenvalue weighted by Crippen LogP contribution is 2.23. The number of likely N-dealkylation sites (tertiary alicyclic amines) is 1. The maximum Gasteiger partial charge on any atom is 0.129 e. The summed E-state index contributed by atoms with van der Waals surface area (Å²) in [6.07, 6.45) is 0.260. The highest BCUT2D eigenvalue weighted by atomic mass is 35.5. The van der Waals surface area contributed by atoms with Gasteiger partial charge < -0.3 is 15.1 Å². The standard InChI is InChI=1S/C13H17ClFNO2/c14-9-1-2-12(15)11(7-9)13(18)8-16-5-3-10(17)4-6-16/h1-2,7,10,13,17-18H,3-6,8H2. The van der Waals surface area contributed by atoms with Gasteiger partial charge in [0.25, 0.3) is 0 Å². The molecule has 1 unspecified atom stereocenters. The average Bonchev–Trinajstić information content (AvgIpc) is 2.35. The molecule has 1 saturated heterocycles. The SMILES string of the molecule is OC1CCN(CC(O)c2cc(Cl)ccc2F)CC1. The van der Waals surface area contributed by atoms with Gasteiger partial charge in [0.2, 0.25) is 0 Å². The monoisotopic (exact) mass is 273 g/mol. The molecule has 0 aromatic heterocycles. The molecule has 18 heavy (non-hydrogen) atoms. The highest BCUT2D eigenvalue weighted by Gasteiger charge is 2.21. The van der Waals surface area contributed by atoms with Crippen LogP contribution in [-0.4, -0.2) is 40.9 Å². The first kappa shape index (κ1) is 13.7. The van der Waals surface area contributed by atoms with E-state index in [-0.39, 0.29) is 11.7 Å². The minimum Gasteiger partial charge on any atom is -0.393 e. The van der Waals surface area contributed by atoms with Gasteiger partial charge in [0.05, 0.1) is 12.2 Å². The number of hydrogen-bond acceptors (Lipinski definition) is 3. The maximum absolute atomic E-state index is 13.6. The Morgan fingerprint density at radius 1 is 1.39 bits per heavy atom. The number of aliphatic hydroxyl groups is 2. The summed E-state index contributed by atoms with van der Waals surface area (Å²) in [6, 6.07) is 4.19. The van der Waals surface area contributed by atoms with Crippen LogP contribution in [0.2, 0.25) is 5.02 Å². The van der Waals surface area contributed by atoms with Gasteiger partial charge in [0, 0.05) is 30.2 Å². The first-order valence-electron chi connectivity index (χ1n) is 6.09. The average molecular weight is 274 g/mol. The van der Waals surface area contributed by atoms with Crippen molar-refractivity contribution in [2.45, 2.75) is 25.0 Å². The molecular formula is C13H17ClFNO2. The van der Waals surface area contributed by atoms with E-state index in [1.165, 1.54) is 18.2 Å². The highest BCUT2D eigenvalue weighted by molar-refractivity contribution is 6.30. The van der Waals surface area contributed by atoms with E-state index in [0.717, 1.165) is 13.1 Å². The molecule has 100 valence electrons. The number of nitrogens with zero attached hydrogens (tertiary/aromatic N) is 1. The number of rotatable bonds is 3. The van der Waals surface area contributed by atoms with E-state index in [1.807, 2.05) is 4.90 Å². The summed E-state index contributed by atoms with van der Waals surface area (Å²) in [6.45, 7) is 1.81. The van der Waals surface area contributed by atoms with Crippen molar-refractivity contribution in [3.8, 4) is 0 Å². The van der Waals surface area contributed by atoms with Crippen LogP contribution in [0.5, 0.6) is 0 Å². The molecule has 1 aliphatic rings. The Morgan fingerprint density at radius 3 is 2.72 bits per heavy atom. The zero-order valence-electron chi connectivity index (χ0n) is 10.0. The van der Waals surface area contributed by atoms with Gasteiger partial charge in [-0.2, -0.15) is 0 Å². The van der Waals surface area contributed by atoms with Crippen LogP contribution in [0, 0.1) is 5.82 Å². The number of piperidine rings is 1. The van der Waals surface area contributed by atoms with Crippen molar-refractivity contribution < 1.29 is 14.6 Å². The van der Waals surface area contributed by atoms with E-state index in [2.05, 4.69) is 0 Å². The molecule has 1 aromatic rings. The number of hydrogen-bond donors (Lipinski definition) is 2. The van der Waals surface area contributed by atoms with Gasteiger partial charge in [-0.1, -0.05) is 11.6 Å². The summed E-state index contributed by atoms with van der Waals surface area (Å²) in [7, 11) is 0. The van der Waals surface area contributed by atoms with Gasteiger partial charge in [-0.3, -0.25) is 0 Å². The molecule has 1 aromatic carbocycles. The summed E-state index contributed by atoms with van der Waals surface area (Å²) in [5.74, 6) is -0.441. The molecule has 0 saturated carbocycles. The van der Waals surface area contributed by atoms with E-state index in [9.17, 15) is 14.6 Å². The number of aliphatic hydroxyl groups excluding tert-OH is 2. The molecule has 2 N–H and O–H groups in total. The Labute approximate surface area is 111 Å². The van der Waals surface area contributed by atoms with Gasteiger partial charge in [0.15, 0.2) is 0 Å². The Balaban J connectivity index is 1.98. The molecule has 5 heteroatoms. The van der Waals surface area contributed by atoms with Crippen molar-refractivity contribution in [3.63, 3.8) is 0 Å². The lowest BCUT2D eigenvalue weighted by Gasteiger charge is -2.31. The van der Waals surface area contributed by atoms with Crippen molar-refractivity contribution in [1.82, 2.24) is 4.90 Å². The molecule has 0 radical (unpaired) electrons. The predicted octanol–water partition coefficient (Wildman–Crippen LogP) is 1.97. The van der Waals surface area contributed by atoms with Crippen LogP contribution in [0.4, 0.5) is 4.39 Å². The van der Waals surface area contributed by atoms with E-state index >= 15 is 0 Å². The summed E-state index contributed by atoms with van der Waals surface area (Å²) in [5, 5.41) is 19.8. The number of β-amino-alcohol motifs (C(OH)–C–C–N with tert-alkyl or cyclic N) is 1. The first-order chi connectivity index (χ1) is 8.56. The fourth-order valence-corrected chi connectivity index (χ4v) is 2.40. The summed E-state index contributed by atoms with van der Waals surface area (Å²) >= 11 is 5.80. The van der Waals surface area contributed by atoms with E-state index in [1.54, 1.807) is 0 Å².